The third kappa shape index (κ3) is 3.55. The Labute approximate surface area is 115 Å². The maximum absolute atomic E-state index is 4.60. The van der Waals surface area contributed by atoms with Crippen LogP contribution in [0.2, 0.25) is 0 Å². The molecule has 1 aromatic rings. The first-order valence-corrected chi connectivity index (χ1v) is 8.19. The quantitative estimate of drug-likeness (QED) is 0.877. The van der Waals surface area contributed by atoms with Crippen LogP contribution in [0, 0.1) is 18.8 Å². The molecule has 0 saturated heterocycles. The number of hydrogen-bond acceptors (Lipinski definition) is 3. The Morgan fingerprint density at radius 3 is 2.61 bits per heavy atom. The highest BCUT2D eigenvalue weighted by Crippen LogP contribution is 2.33. The van der Waals surface area contributed by atoms with E-state index in [1.165, 1.54) is 42.8 Å². The lowest BCUT2D eigenvalue weighted by atomic mass is 9.77. The van der Waals surface area contributed by atoms with Crippen molar-refractivity contribution < 1.29 is 0 Å². The lowest BCUT2D eigenvalue weighted by molar-refractivity contribution is 0.222. The van der Waals surface area contributed by atoms with Crippen molar-refractivity contribution in [2.75, 3.05) is 7.05 Å². The molecule has 1 N–H and O–H groups in total. The Morgan fingerprint density at radius 1 is 1.39 bits per heavy atom. The van der Waals surface area contributed by atoms with E-state index in [2.05, 4.69) is 36.6 Å². The summed E-state index contributed by atoms with van der Waals surface area (Å²) in [5.74, 6) is 1.84. The number of thiazole rings is 1. The van der Waals surface area contributed by atoms with E-state index >= 15 is 0 Å². The standard InChI is InChI=1S/C15H26N2S/c1-4-12-5-7-13(8-6-12)14(16-3)9-15-17-11(2)10-18-15/h10,12-14,16H,4-9H2,1-3H3. The number of rotatable bonds is 5. The van der Waals surface area contributed by atoms with Crippen molar-refractivity contribution in [3.05, 3.63) is 16.1 Å². The molecular formula is C15H26N2S. The summed E-state index contributed by atoms with van der Waals surface area (Å²) in [5.41, 5.74) is 1.17. The Morgan fingerprint density at radius 2 is 2.11 bits per heavy atom. The molecule has 1 fully saturated rings. The third-order valence-electron chi connectivity index (χ3n) is 4.47. The summed E-state index contributed by atoms with van der Waals surface area (Å²) in [4.78, 5) is 4.60. The molecule has 0 radical (unpaired) electrons. The van der Waals surface area contributed by atoms with Crippen LogP contribution in [0.4, 0.5) is 0 Å². The Kier molecular flexibility index (Phi) is 5.19. The fourth-order valence-corrected chi connectivity index (χ4v) is 4.02. The van der Waals surface area contributed by atoms with Gasteiger partial charge in [0, 0.05) is 23.5 Å². The number of aryl methyl sites for hydroxylation is 1. The third-order valence-corrected chi connectivity index (χ3v) is 5.46. The van der Waals surface area contributed by atoms with Crippen LogP contribution < -0.4 is 5.32 Å². The first-order chi connectivity index (χ1) is 8.72. The average molecular weight is 266 g/mol. The second-order valence-electron chi connectivity index (χ2n) is 5.67. The number of nitrogens with zero attached hydrogens (tertiary/aromatic N) is 1. The molecule has 2 nitrogen and oxygen atoms in total. The summed E-state index contributed by atoms with van der Waals surface area (Å²) in [6.45, 7) is 4.42. The zero-order chi connectivity index (χ0) is 13.0. The lowest BCUT2D eigenvalue weighted by Crippen LogP contribution is -2.37. The van der Waals surface area contributed by atoms with Crippen molar-refractivity contribution in [2.45, 2.75) is 58.4 Å². The molecule has 3 heteroatoms. The molecule has 0 aliphatic heterocycles. The van der Waals surface area contributed by atoms with Crippen molar-refractivity contribution >= 4 is 11.3 Å². The van der Waals surface area contributed by atoms with E-state index in [1.807, 2.05) is 11.3 Å². The Balaban J connectivity index is 1.89. The molecule has 1 saturated carbocycles. The number of nitrogens with one attached hydrogen (secondary N) is 1. The van der Waals surface area contributed by atoms with Crippen LogP contribution in [0.3, 0.4) is 0 Å². The summed E-state index contributed by atoms with van der Waals surface area (Å²) in [6, 6.07) is 0.619. The highest BCUT2D eigenvalue weighted by atomic mass is 32.1. The van der Waals surface area contributed by atoms with Crippen molar-refractivity contribution in [3.63, 3.8) is 0 Å². The zero-order valence-corrected chi connectivity index (χ0v) is 12.7. The van der Waals surface area contributed by atoms with E-state index < -0.39 is 0 Å². The molecule has 1 aromatic heterocycles. The van der Waals surface area contributed by atoms with Gasteiger partial charge in [-0.3, -0.25) is 0 Å². The predicted octanol–water partition coefficient (Wildman–Crippen LogP) is 3.80. The molecule has 0 bridgehead atoms. The van der Waals surface area contributed by atoms with Crippen LogP contribution >= 0.6 is 11.3 Å². The average Bonchev–Trinajstić information content (AvgIpc) is 2.82. The van der Waals surface area contributed by atoms with Gasteiger partial charge in [-0.1, -0.05) is 26.2 Å². The van der Waals surface area contributed by atoms with Gasteiger partial charge >= 0.3 is 0 Å². The fraction of sp³-hybridized carbons (Fsp3) is 0.800. The molecule has 1 heterocycles. The molecule has 1 aliphatic rings. The molecular weight excluding hydrogens is 240 g/mol. The zero-order valence-electron chi connectivity index (χ0n) is 11.9. The van der Waals surface area contributed by atoms with Gasteiger partial charge in [-0.2, -0.15) is 0 Å². The normalized spacial score (nSPS) is 26.2. The predicted molar refractivity (Wildman–Crippen MR) is 79.1 cm³/mol. The first-order valence-electron chi connectivity index (χ1n) is 7.31. The summed E-state index contributed by atoms with van der Waals surface area (Å²) in [6.07, 6.45) is 8.12. The van der Waals surface area contributed by atoms with E-state index in [0.29, 0.717) is 6.04 Å². The summed E-state index contributed by atoms with van der Waals surface area (Å²) < 4.78 is 0. The molecule has 0 spiro atoms. The number of likely N-dealkylation sites (N-methyl/N-ethyl adjacent to an activating group) is 1. The highest BCUT2D eigenvalue weighted by molar-refractivity contribution is 7.09. The van der Waals surface area contributed by atoms with Gasteiger partial charge in [-0.25, -0.2) is 4.98 Å². The van der Waals surface area contributed by atoms with Gasteiger partial charge in [0.25, 0.3) is 0 Å². The van der Waals surface area contributed by atoms with Crippen LogP contribution in [0.25, 0.3) is 0 Å². The van der Waals surface area contributed by atoms with Gasteiger partial charge in [-0.05, 0) is 38.6 Å². The van der Waals surface area contributed by atoms with E-state index in [9.17, 15) is 0 Å². The molecule has 0 aromatic carbocycles. The monoisotopic (exact) mass is 266 g/mol. The maximum Gasteiger partial charge on any atom is 0.0943 e. The summed E-state index contributed by atoms with van der Waals surface area (Å²) in [5, 5.41) is 6.99. The van der Waals surface area contributed by atoms with Crippen LogP contribution in [-0.4, -0.2) is 18.1 Å². The van der Waals surface area contributed by atoms with Crippen molar-refractivity contribution in [1.82, 2.24) is 10.3 Å². The Hall–Kier alpha value is -0.410. The van der Waals surface area contributed by atoms with Gasteiger partial charge in [-0.15, -0.1) is 11.3 Å². The topological polar surface area (TPSA) is 24.9 Å². The second kappa shape index (κ2) is 6.67. The minimum Gasteiger partial charge on any atom is -0.316 e. The second-order valence-corrected chi connectivity index (χ2v) is 6.61. The lowest BCUT2D eigenvalue weighted by Gasteiger charge is -2.33. The van der Waals surface area contributed by atoms with Gasteiger partial charge in [0.2, 0.25) is 0 Å². The molecule has 2 rings (SSSR count). The van der Waals surface area contributed by atoms with Gasteiger partial charge < -0.3 is 5.32 Å². The van der Waals surface area contributed by atoms with Gasteiger partial charge in [0.15, 0.2) is 0 Å². The Bertz CT molecular complexity index is 353. The molecule has 18 heavy (non-hydrogen) atoms. The highest BCUT2D eigenvalue weighted by Gasteiger charge is 2.26. The van der Waals surface area contributed by atoms with E-state index in [1.54, 1.807) is 0 Å². The van der Waals surface area contributed by atoms with Crippen LogP contribution in [0.5, 0.6) is 0 Å². The van der Waals surface area contributed by atoms with Crippen molar-refractivity contribution in [3.8, 4) is 0 Å². The van der Waals surface area contributed by atoms with Crippen LogP contribution in [-0.2, 0) is 6.42 Å². The summed E-state index contributed by atoms with van der Waals surface area (Å²) >= 11 is 1.81. The SMILES string of the molecule is CCC1CCC(C(Cc2nc(C)cs2)NC)CC1. The van der Waals surface area contributed by atoms with E-state index in [4.69, 9.17) is 0 Å². The van der Waals surface area contributed by atoms with Crippen molar-refractivity contribution in [2.24, 2.45) is 11.8 Å². The fourth-order valence-electron chi connectivity index (χ4n) is 3.19. The van der Waals surface area contributed by atoms with Gasteiger partial charge in [0.1, 0.15) is 0 Å². The molecule has 1 atom stereocenters. The minimum absolute atomic E-state index is 0.619. The number of aromatic nitrogens is 1. The van der Waals surface area contributed by atoms with Gasteiger partial charge in [0.05, 0.1) is 5.01 Å². The number of hydrogen-bond donors (Lipinski definition) is 1. The molecule has 102 valence electrons. The summed E-state index contributed by atoms with van der Waals surface area (Å²) in [7, 11) is 2.11. The maximum atomic E-state index is 4.60. The minimum atomic E-state index is 0.619. The van der Waals surface area contributed by atoms with E-state index in [0.717, 1.165) is 18.3 Å². The molecule has 0 amide bonds. The molecule has 1 unspecified atom stereocenters. The largest absolute Gasteiger partial charge is 0.316 e. The molecule has 1 aliphatic carbocycles. The van der Waals surface area contributed by atoms with Crippen LogP contribution in [0.1, 0.15) is 49.7 Å². The van der Waals surface area contributed by atoms with Crippen LogP contribution in [0.15, 0.2) is 5.38 Å². The first kappa shape index (κ1) is 14.0. The van der Waals surface area contributed by atoms with E-state index in [-0.39, 0.29) is 0 Å². The smallest absolute Gasteiger partial charge is 0.0943 e. The van der Waals surface area contributed by atoms with Crippen molar-refractivity contribution in [1.29, 1.82) is 0 Å².